The fourth-order valence-electron chi connectivity index (χ4n) is 2.47. The number of quaternary nitrogens is 1. The molecule has 0 N–H and O–H groups in total. The molecule has 1 aromatic carbocycles. The van der Waals surface area contributed by atoms with Crippen molar-refractivity contribution < 1.29 is 9.53 Å². The van der Waals surface area contributed by atoms with E-state index in [0.29, 0.717) is 16.7 Å². The van der Waals surface area contributed by atoms with Gasteiger partial charge in [0, 0.05) is 12.1 Å². The van der Waals surface area contributed by atoms with E-state index < -0.39 is 0 Å². The summed E-state index contributed by atoms with van der Waals surface area (Å²) in [5.74, 6) is -0.307. The molecule has 0 radical (unpaired) electrons. The van der Waals surface area contributed by atoms with Gasteiger partial charge in [-0.1, -0.05) is 18.2 Å². The zero-order valence-electron chi connectivity index (χ0n) is 11.2. The molecule has 4 heteroatoms. The Kier molecular flexibility index (Phi) is 3.08. The maximum Gasteiger partial charge on any atom is 0.344 e. The van der Waals surface area contributed by atoms with Crippen LogP contribution in [0.5, 0.6) is 0 Å². The maximum atomic E-state index is 12.2. The van der Waals surface area contributed by atoms with E-state index in [9.17, 15) is 4.79 Å². The number of benzene rings is 1. The molecule has 1 unspecified atom stereocenters. The number of carbonyl (C=O) groups excluding carboxylic acids is 1. The number of nitrogens with zero attached hydrogens (tertiary/aromatic N) is 2. The predicted molar refractivity (Wildman–Crippen MR) is 79.0 cm³/mol. The number of ether oxygens (including phenoxy) is 1. The fraction of sp³-hybridized carbons (Fsp3) is 0.125. The third kappa shape index (κ3) is 1.82. The van der Waals surface area contributed by atoms with Crippen molar-refractivity contribution in [3.63, 3.8) is 0 Å². The molecule has 0 aliphatic carbocycles. The molecule has 2 heterocycles. The van der Waals surface area contributed by atoms with Crippen molar-refractivity contribution in [2.75, 3.05) is 6.61 Å². The average molecular weight is 267 g/mol. The number of para-hydroxylation sites is 1. The average Bonchev–Trinajstić information content (AvgIpc) is 2.92. The Bertz CT molecular complexity index is 671. The Labute approximate surface area is 117 Å². The first-order valence-corrected chi connectivity index (χ1v) is 6.54. The molecule has 0 spiro atoms. The highest BCUT2D eigenvalue weighted by Crippen LogP contribution is 2.36. The predicted octanol–water partition coefficient (Wildman–Crippen LogP) is 3.14. The lowest BCUT2D eigenvalue weighted by atomic mass is 10.1. The minimum Gasteiger partial charge on any atom is -0.462 e. The van der Waals surface area contributed by atoms with Gasteiger partial charge in [-0.05, 0) is 19.1 Å². The summed E-state index contributed by atoms with van der Waals surface area (Å²) in [6.07, 6.45) is 11.5. The molecule has 3 rings (SSSR count). The SMILES string of the molecule is CCOC(=O)c1ccccc1[N+]12C=CC=CC1=CN=C2. The first-order valence-electron chi connectivity index (χ1n) is 6.54. The number of fused-ring (bicyclic) bond motifs is 1. The van der Waals surface area contributed by atoms with Crippen LogP contribution in [0.4, 0.5) is 5.69 Å². The molecule has 0 aromatic heterocycles. The highest BCUT2D eigenvalue weighted by molar-refractivity contribution is 5.99. The first-order chi connectivity index (χ1) is 9.78. The van der Waals surface area contributed by atoms with Crippen molar-refractivity contribution in [3.05, 3.63) is 66.2 Å². The number of rotatable bonds is 3. The Hall–Kier alpha value is -2.46. The van der Waals surface area contributed by atoms with Crippen molar-refractivity contribution in [1.82, 2.24) is 4.48 Å². The van der Waals surface area contributed by atoms with E-state index in [1.165, 1.54) is 0 Å². The number of carbonyl (C=O) groups is 1. The molecule has 0 saturated carbocycles. The van der Waals surface area contributed by atoms with E-state index in [1.807, 2.05) is 55.2 Å². The van der Waals surface area contributed by atoms with Crippen LogP contribution in [0.2, 0.25) is 0 Å². The van der Waals surface area contributed by atoms with Crippen molar-refractivity contribution in [2.24, 2.45) is 4.99 Å². The summed E-state index contributed by atoms with van der Waals surface area (Å²) in [6.45, 7) is 2.17. The zero-order chi connectivity index (χ0) is 14.0. The molecule has 100 valence electrons. The van der Waals surface area contributed by atoms with Crippen molar-refractivity contribution in [3.8, 4) is 0 Å². The van der Waals surface area contributed by atoms with E-state index in [2.05, 4.69) is 4.99 Å². The summed E-state index contributed by atoms with van der Waals surface area (Å²) in [5.41, 5.74) is 2.41. The van der Waals surface area contributed by atoms with Gasteiger partial charge in [0.2, 0.25) is 6.34 Å². The van der Waals surface area contributed by atoms with Gasteiger partial charge in [-0.15, -0.1) is 0 Å². The van der Waals surface area contributed by atoms with Crippen LogP contribution in [-0.4, -0.2) is 18.9 Å². The van der Waals surface area contributed by atoms with Crippen molar-refractivity contribution >= 4 is 18.0 Å². The smallest absolute Gasteiger partial charge is 0.344 e. The Morgan fingerprint density at radius 3 is 3.00 bits per heavy atom. The lowest BCUT2D eigenvalue weighted by Gasteiger charge is -2.29. The molecule has 4 nitrogen and oxygen atoms in total. The number of esters is 1. The molecule has 0 amide bonds. The maximum absolute atomic E-state index is 12.2. The van der Waals surface area contributed by atoms with Gasteiger partial charge in [-0.25, -0.2) is 9.79 Å². The molecule has 2 aliphatic heterocycles. The summed E-state index contributed by atoms with van der Waals surface area (Å²) in [7, 11) is 0. The molecular formula is C16H15N2O2+. The van der Waals surface area contributed by atoms with E-state index in [4.69, 9.17) is 4.74 Å². The minimum absolute atomic E-state index is 0.307. The van der Waals surface area contributed by atoms with Crippen molar-refractivity contribution in [2.45, 2.75) is 6.92 Å². The van der Waals surface area contributed by atoms with Crippen LogP contribution >= 0.6 is 0 Å². The van der Waals surface area contributed by atoms with Crippen LogP contribution in [0.25, 0.3) is 0 Å². The standard InChI is InChI=1S/C16H15N2O2/c1-2-20-16(19)14-8-3-4-9-15(14)18-10-6-5-7-13(18)11-17-12-18/h3-12H,2H2,1H3/q+1. The number of hydrogen-bond donors (Lipinski definition) is 0. The van der Waals surface area contributed by atoms with Crippen LogP contribution in [0.1, 0.15) is 17.3 Å². The molecule has 0 bridgehead atoms. The highest BCUT2D eigenvalue weighted by atomic mass is 16.5. The highest BCUT2D eigenvalue weighted by Gasteiger charge is 2.38. The van der Waals surface area contributed by atoms with Gasteiger partial charge in [0.25, 0.3) is 0 Å². The lowest BCUT2D eigenvalue weighted by Crippen LogP contribution is -2.40. The minimum atomic E-state index is -0.307. The van der Waals surface area contributed by atoms with E-state index in [-0.39, 0.29) is 5.97 Å². The Morgan fingerprint density at radius 2 is 2.15 bits per heavy atom. The molecule has 20 heavy (non-hydrogen) atoms. The van der Waals surface area contributed by atoms with Crippen LogP contribution in [-0.2, 0) is 4.74 Å². The largest absolute Gasteiger partial charge is 0.462 e. The van der Waals surface area contributed by atoms with E-state index in [1.54, 1.807) is 13.0 Å². The Balaban J connectivity index is 2.14. The first kappa shape index (κ1) is 12.6. The Morgan fingerprint density at radius 1 is 1.30 bits per heavy atom. The van der Waals surface area contributed by atoms with Crippen LogP contribution in [0.3, 0.4) is 0 Å². The van der Waals surface area contributed by atoms with Crippen LogP contribution < -0.4 is 4.48 Å². The van der Waals surface area contributed by atoms with Crippen molar-refractivity contribution in [1.29, 1.82) is 0 Å². The second-order valence-electron chi connectivity index (χ2n) is 4.53. The molecule has 0 saturated heterocycles. The van der Waals surface area contributed by atoms with Gasteiger partial charge >= 0.3 is 5.97 Å². The number of hydrogen-bond acceptors (Lipinski definition) is 3. The van der Waals surface area contributed by atoms with Crippen LogP contribution in [0, 0.1) is 0 Å². The summed E-state index contributed by atoms with van der Waals surface area (Å²) >= 11 is 0. The fourth-order valence-corrected chi connectivity index (χ4v) is 2.47. The summed E-state index contributed by atoms with van der Waals surface area (Å²) in [6, 6.07) is 7.48. The van der Waals surface area contributed by atoms with Gasteiger partial charge < -0.3 is 4.74 Å². The summed E-state index contributed by atoms with van der Waals surface area (Å²) in [5, 5.41) is 0. The molecule has 1 atom stereocenters. The van der Waals surface area contributed by atoms with Gasteiger partial charge in [-0.2, -0.15) is 4.48 Å². The quantitative estimate of drug-likeness (QED) is 0.623. The normalized spacial score (nSPS) is 22.6. The third-order valence-corrected chi connectivity index (χ3v) is 3.38. The number of allylic oxidation sites excluding steroid dienone is 3. The summed E-state index contributed by atoms with van der Waals surface area (Å²) in [4.78, 5) is 16.4. The molecule has 1 aromatic rings. The van der Waals surface area contributed by atoms with E-state index in [0.717, 1.165) is 11.4 Å². The molecule has 2 aliphatic rings. The monoisotopic (exact) mass is 267 g/mol. The molecule has 0 fully saturated rings. The molecular weight excluding hydrogens is 252 g/mol. The van der Waals surface area contributed by atoms with E-state index >= 15 is 0 Å². The second kappa shape index (κ2) is 4.90. The van der Waals surface area contributed by atoms with Gasteiger partial charge in [0.15, 0.2) is 11.4 Å². The van der Waals surface area contributed by atoms with Gasteiger partial charge in [-0.3, -0.25) is 0 Å². The third-order valence-electron chi connectivity index (χ3n) is 3.38. The topological polar surface area (TPSA) is 38.7 Å². The van der Waals surface area contributed by atoms with Gasteiger partial charge in [0.05, 0.1) is 12.8 Å². The summed E-state index contributed by atoms with van der Waals surface area (Å²) < 4.78 is 5.47. The second-order valence-corrected chi connectivity index (χ2v) is 4.53. The zero-order valence-corrected chi connectivity index (χ0v) is 11.2. The lowest BCUT2D eigenvalue weighted by molar-refractivity contribution is 0.0526. The van der Waals surface area contributed by atoms with Gasteiger partial charge in [0.1, 0.15) is 11.8 Å². The number of aliphatic imine (C=N–C) groups is 1. The van der Waals surface area contributed by atoms with Crippen LogP contribution in [0.15, 0.2) is 65.6 Å².